The van der Waals surface area contributed by atoms with E-state index in [4.69, 9.17) is 0 Å². The second kappa shape index (κ2) is 6.57. The van der Waals surface area contributed by atoms with Crippen molar-refractivity contribution in [3.8, 4) is 0 Å². The van der Waals surface area contributed by atoms with Crippen molar-refractivity contribution in [2.45, 2.75) is 6.54 Å². The van der Waals surface area contributed by atoms with E-state index in [1.54, 1.807) is 0 Å². The van der Waals surface area contributed by atoms with Crippen molar-refractivity contribution in [1.82, 2.24) is 10.3 Å². The van der Waals surface area contributed by atoms with Gasteiger partial charge in [-0.25, -0.2) is 13.6 Å². The maximum atomic E-state index is 13.4. The Balaban J connectivity index is 2.02. The van der Waals surface area contributed by atoms with Gasteiger partial charge in [-0.15, -0.1) is 0 Å². The van der Waals surface area contributed by atoms with Gasteiger partial charge in [-0.05, 0) is 24.3 Å². The lowest BCUT2D eigenvalue weighted by Crippen LogP contribution is -2.28. The van der Waals surface area contributed by atoms with Crippen molar-refractivity contribution in [2.24, 2.45) is 0 Å². The molecule has 0 aliphatic heterocycles. The summed E-state index contributed by atoms with van der Waals surface area (Å²) in [6.45, 7) is -0.270. The van der Waals surface area contributed by atoms with Gasteiger partial charge in [0.05, 0.1) is 4.92 Å². The van der Waals surface area contributed by atoms with E-state index in [9.17, 15) is 23.7 Å². The third-order valence-electron chi connectivity index (χ3n) is 2.69. The summed E-state index contributed by atoms with van der Waals surface area (Å²) in [6, 6.07) is 3.31. The van der Waals surface area contributed by atoms with Crippen LogP contribution in [0, 0.1) is 21.7 Å². The number of carbonyl (C=O) groups excluding carboxylic acids is 1. The zero-order chi connectivity index (χ0) is 16.1. The molecule has 114 valence electrons. The average Bonchev–Trinajstić information content (AvgIpc) is 2.48. The monoisotopic (exact) mass is 308 g/mol. The van der Waals surface area contributed by atoms with Crippen molar-refractivity contribution in [1.29, 1.82) is 0 Å². The Bertz CT molecular complexity index is 724. The molecular formula is C13H10F2N4O3. The molecule has 0 aliphatic carbocycles. The summed E-state index contributed by atoms with van der Waals surface area (Å²) in [5, 5.41) is 15.3. The minimum Gasteiger partial charge on any atom is -0.334 e. The zero-order valence-electron chi connectivity index (χ0n) is 11.0. The van der Waals surface area contributed by atoms with E-state index >= 15 is 0 Å². The summed E-state index contributed by atoms with van der Waals surface area (Å²) in [4.78, 5) is 25.3. The average molecular weight is 308 g/mol. The molecule has 9 heteroatoms. The van der Waals surface area contributed by atoms with Gasteiger partial charge in [0.25, 0.3) is 0 Å². The van der Waals surface area contributed by atoms with Crippen molar-refractivity contribution < 1.29 is 18.5 Å². The molecule has 1 aromatic carbocycles. The highest BCUT2D eigenvalue weighted by atomic mass is 19.1. The van der Waals surface area contributed by atoms with Crippen molar-refractivity contribution >= 4 is 17.4 Å². The first-order chi connectivity index (χ1) is 10.5. The van der Waals surface area contributed by atoms with Crippen molar-refractivity contribution in [3.05, 3.63) is 64.0 Å². The van der Waals surface area contributed by atoms with E-state index in [0.717, 1.165) is 24.4 Å². The van der Waals surface area contributed by atoms with Gasteiger partial charge in [-0.3, -0.25) is 15.1 Å². The highest BCUT2D eigenvalue weighted by Gasteiger charge is 2.15. The van der Waals surface area contributed by atoms with E-state index in [1.165, 1.54) is 12.3 Å². The predicted octanol–water partition coefficient (Wildman–Crippen LogP) is 2.59. The van der Waals surface area contributed by atoms with Crippen LogP contribution in [0.25, 0.3) is 0 Å². The number of nitrogens with zero attached hydrogens (tertiary/aromatic N) is 2. The van der Waals surface area contributed by atoms with Crippen LogP contribution in [0.2, 0.25) is 0 Å². The first-order valence-corrected chi connectivity index (χ1v) is 6.04. The molecule has 0 saturated heterocycles. The number of hydrogen-bond acceptors (Lipinski definition) is 4. The van der Waals surface area contributed by atoms with Crippen LogP contribution in [0.4, 0.5) is 25.0 Å². The standard InChI is InChI=1S/C13H10F2N4O3/c14-9-1-2-10(15)8(5-9)6-17-13(20)18-11-3-4-16-7-12(11)19(21)22/h1-5,7H,6H2,(H2,16,17,18,20). The van der Waals surface area contributed by atoms with Crippen LogP contribution < -0.4 is 10.6 Å². The number of amides is 2. The van der Waals surface area contributed by atoms with Crippen molar-refractivity contribution in [3.63, 3.8) is 0 Å². The fourth-order valence-electron chi connectivity index (χ4n) is 1.66. The summed E-state index contributed by atoms with van der Waals surface area (Å²) in [6.07, 6.45) is 2.26. The third-order valence-corrected chi connectivity index (χ3v) is 2.69. The molecule has 0 aliphatic rings. The van der Waals surface area contributed by atoms with Crippen LogP contribution in [0.3, 0.4) is 0 Å². The van der Waals surface area contributed by atoms with Crippen LogP contribution in [0.1, 0.15) is 5.56 Å². The number of benzene rings is 1. The molecule has 1 heterocycles. The number of rotatable bonds is 4. The van der Waals surface area contributed by atoms with Gasteiger partial charge in [0, 0.05) is 18.3 Å². The van der Waals surface area contributed by atoms with Gasteiger partial charge < -0.3 is 10.6 Å². The number of aromatic nitrogens is 1. The number of nitro groups is 1. The van der Waals surface area contributed by atoms with E-state index in [-0.39, 0.29) is 23.5 Å². The van der Waals surface area contributed by atoms with E-state index in [2.05, 4.69) is 15.6 Å². The predicted molar refractivity (Wildman–Crippen MR) is 73.1 cm³/mol. The van der Waals surface area contributed by atoms with Gasteiger partial charge in [0.1, 0.15) is 23.5 Å². The van der Waals surface area contributed by atoms with Gasteiger partial charge in [0.2, 0.25) is 0 Å². The van der Waals surface area contributed by atoms with E-state index in [1.807, 2.05) is 0 Å². The number of anilines is 1. The van der Waals surface area contributed by atoms with Gasteiger partial charge in [0.15, 0.2) is 0 Å². The lowest BCUT2D eigenvalue weighted by Gasteiger charge is -2.08. The Morgan fingerprint density at radius 2 is 2.09 bits per heavy atom. The lowest BCUT2D eigenvalue weighted by molar-refractivity contribution is -0.384. The van der Waals surface area contributed by atoms with Gasteiger partial charge in [-0.2, -0.15) is 0 Å². The fourth-order valence-corrected chi connectivity index (χ4v) is 1.66. The van der Waals surface area contributed by atoms with Crippen LogP contribution in [0.15, 0.2) is 36.7 Å². The topological polar surface area (TPSA) is 97.2 Å². The minimum atomic E-state index is -0.794. The number of hydrogen-bond donors (Lipinski definition) is 2. The summed E-state index contributed by atoms with van der Waals surface area (Å²) in [5.41, 5.74) is -0.480. The Morgan fingerprint density at radius 1 is 1.32 bits per heavy atom. The third kappa shape index (κ3) is 3.72. The van der Waals surface area contributed by atoms with Crippen LogP contribution in [-0.2, 0) is 6.54 Å². The largest absolute Gasteiger partial charge is 0.334 e. The van der Waals surface area contributed by atoms with Crippen LogP contribution >= 0.6 is 0 Å². The maximum absolute atomic E-state index is 13.4. The van der Waals surface area contributed by atoms with Crippen molar-refractivity contribution in [2.75, 3.05) is 5.32 Å². The smallest absolute Gasteiger partial charge is 0.319 e. The maximum Gasteiger partial charge on any atom is 0.319 e. The van der Waals surface area contributed by atoms with Gasteiger partial charge in [-0.1, -0.05) is 0 Å². The highest BCUT2D eigenvalue weighted by Crippen LogP contribution is 2.21. The number of halogens is 2. The second-order valence-electron chi connectivity index (χ2n) is 4.19. The summed E-state index contributed by atoms with van der Waals surface area (Å²) in [5.74, 6) is -1.31. The molecule has 0 bridgehead atoms. The number of carbonyl (C=O) groups is 1. The van der Waals surface area contributed by atoms with Crippen LogP contribution in [0.5, 0.6) is 0 Å². The minimum absolute atomic E-state index is 0.0422. The molecular weight excluding hydrogens is 298 g/mol. The number of pyridine rings is 1. The zero-order valence-corrected chi connectivity index (χ0v) is 11.0. The summed E-state index contributed by atoms with van der Waals surface area (Å²) < 4.78 is 26.4. The molecule has 7 nitrogen and oxygen atoms in total. The summed E-state index contributed by atoms with van der Waals surface area (Å²) >= 11 is 0. The SMILES string of the molecule is O=C(NCc1cc(F)ccc1F)Nc1ccncc1[N+](=O)[O-]. The molecule has 0 fully saturated rings. The molecule has 2 N–H and O–H groups in total. The van der Waals surface area contributed by atoms with Crippen LogP contribution in [-0.4, -0.2) is 15.9 Å². The molecule has 22 heavy (non-hydrogen) atoms. The molecule has 2 amide bonds. The first kappa shape index (κ1) is 15.3. The Hall–Kier alpha value is -3.10. The normalized spacial score (nSPS) is 10.1. The van der Waals surface area contributed by atoms with Gasteiger partial charge >= 0.3 is 11.7 Å². The molecule has 1 aromatic heterocycles. The molecule has 2 rings (SSSR count). The molecule has 0 saturated carbocycles. The molecule has 0 radical (unpaired) electrons. The van der Waals surface area contributed by atoms with E-state index in [0.29, 0.717) is 0 Å². The second-order valence-corrected chi connectivity index (χ2v) is 4.19. The Morgan fingerprint density at radius 3 is 2.82 bits per heavy atom. The number of urea groups is 1. The first-order valence-electron chi connectivity index (χ1n) is 6.04. The molecule has 2 aromatic rings. The number of nitrogens with one attached hydrogen (secondary N) is 2. The Labute approximate surface area is 123 Å². The summed E-state index contributed by atoms with van der Waals surface area (Å²) in [7, 11) is 0. The lowest BCUT2D eigenvalue weighted by atomic mass is 10.2. The highest BCUT2D eigenvalue weighted by molar-refractivity contribution is 5.91. The molecule has 0 atom stereocenters. The quantitative estimate of drug-likeness (QED) is 0.670. The molecule has 0 spiro atoms. The van der Waals surface area contributed by atoms with E-state index < -0.39 is 22.6 Å². The fraction of sp³-hybridized carbons (Fsp3) is 0.0769. The molecule has 0 unspecified atom stereocenters. The Kier molecular flexibility index (Phi) is 4.57.